The number of rotatable bonds is 5. The van der Waals surface area contributed by atoms with E-state index in [2.05, 4.69) is 16.0 Å². The van der Waals surface area contributed by atoms with Crippen molar-refractivity contribution in [2.45, 2.75) is 45.1 Å². The van der Waals surface area contributed by atoms with E-state index in [0.717, 1.165) is 38.8 Å². The third-order valence-corrected chi connectivity index (χ3v) is 7.51. The Morgan fingerprint density at radius 3 is 2.71 bits per heavy atom. The first-order valence-electron chi connectivity index (χ1n) is 11.5. The summed E-state index contributed by atoms with van der Waals surface area (Å²) in [5.41, 5.74) is 2.45. The molecule has 1 fully saturated rings. The molecule has 0 N–H and O–H groups in total. The highest BCUT2D eigenvalue weighted by atomic mass is 32.1. The predicted molar refractivity (Wildman–Crippen MR) is 131 cm³/mol. The molecule has 4 heterocycles. The summed E-state index contributed by atoms with van der Waals surface area (Å²) < 4.78 is 11.2. The molecule has 1 saturated heterocycles. The zero-order chi connectivity index (χ0) is 24.0. The third-order valence-electron chi connectivity index (χ3n) is 6.55. The highest BCUT2D eigenvalue weighted by Crippen LogP contribution is 2.48. The smallest absolute Gasteiger partial charge is 0.233 e. The fraction of sp³-hybridized carbons (Fsp3) is 0.440. The van der Waals surface area contributed by atoms with Gasteiger partial charge in [0.05, 0.1) is 19.6 Å². The molecule has 2 aliphatic heterocycles. The number of likely N-dealkylation sites (tertiary alicyclic amines) is 1. The molecule has 2 amide bonds. The largest absolute Gasteiger partial charge is 0.491 e. The minimum Gasteiger partial charge on any atom is -0.491 e. The van der Waals surface area contributed by atoms with E-state index in [0.29, 0.717) is 25.5 Å². The molecule has 1 unspecified atom stereocenters. The van der Waals surface area contributed by atoms with Gasteiger partial charge in [0, 0.05) is 43.7 Å². The Labute approximate surface area is 202 Å². The summed E-state index contributed by atoms with van der Waals surface area (Å²) in [7, 11) is 1.58. The quantitative estimate of drug-likeness (QED) is 0.555. The molecular formula is C25H28N4O4S. The van der Waals surface area contributed by atoms with Crippen LogP contribution >= 0.6 is 11.3 Å². The maximum absolute atomic E-state index is 13.5. The molecule has 3 aromatic rings. The van der Waals surface area contributed by atoms with Gasteiger partial charge in [-0.25, -0.2) is 9.97 Å². The van der Waals surface area contributed by atoms with E-state index in [1.165, 1.54) is 11.3 Å². The van der Waals surface area contributed by atoms with Gasteiger partial charge in [0.25, 0.3) is 0 Å². The molecule has 2 aromatic heterocycles. The van der Waals surface area contributed by atoms with Gasteiger partial charge in [-0.05, 0) is 50.1 Å². The first kappa shape index (κ1) is 22.6. The van der Waals surface area contributed by atoms with E-state index in [1.54, 1.807) is 20.1 Å². The number of nitrogens with zero attached hydrogens (tertiary/aromatic N) is 4. The Bertz CT molecular complexity index is 1270. The summed E-state index contributed by atoms with van der Waals surface area (Å²) in [5.74, 6) is 1.37. The number of anilines is 1. The number of hydrogen-bond donors (Lipinski definition) is 0. The second-order valence-electron chi connectivity index (χ2n) is 9.26. The molecule has 2 aliphatic rings. The summed E-state index contributed by atoms with van der Waals surface area (Å²) in [6.45, 7) is 7.44. The van der Waals surface area contributed by atoms with Crippen molar-refractivity contribution >= 4 is 39.2 Å². The number of fused-ring (bicyclic) bond motifs is 3. The Kier molecular flexibility index (Phi) is 5.67. The fourth-order valence-electron chi connectivity index (χ4n) is 4.97. The predicted octanol–water partition coefficient (Wildman–Crippen LogP) is 3.57. The normalized spacial score (nSPS) is 19.3. The standard InChI is InChI=1S/C25H28N4O4S/c1-15(2)33-17-5-7-20-18(11-17)25(9-10-28(13-25)16(3)30)14-29(20)23(31)12-22-26-19-6-8-21(32-4)27-24(19)34-22/h5-8,11,15H,9-10,12-14H2,1-4H3. The van der Waals surface area contributed by atoms with E-state index >= 15 is 0 Å². The van der Waals surface area contributed by atoms with Crippen molar-refractivity contribution in [1.29, 1.82) is 0 Å². The van der Waals surface area contributed by atoms with Crippen molar-refractivity contribution < 1.29 is 19.1 Å². The topological polar surface area (TPSA) is 84.9 Å². The van der Waals surface area contributed by atoms with Gasteiger partial charge in [-0.15, -0.1) is 0 Å². The van der Waals surface area contributed by atoms with Crippen LogP contribution in [0.1, 0.15) is 37.8 Å². The van der Waals surface area contributed by atoms with Crippen molar-refractivity contribution in [2.24, 2.45) is 0 Å². The number of methoxy groups -OCH3 is 1. The van der Waals surface area contributed by atoms with Crippen molar-refractivity contribution in [3.8, 4) is 11.6 Å². The molecule has 1 spiro atoms. The number of aromatic nitrogens is 2. The highest BCUT2D eigenvalue weighted by molar-refractivity contribution is 7.18. The SMILES string of the molecule is COc1ccc2nc(CC(=O)N3CC4(CCN(C(C)=O)C4)c4cc(OC(C)C)ccc43)sc2n1. The van der Waals surface area contributed by atoms with Gasteiger partial charge in [-0.2, -0.15) is 0 Å². The monoisotopic (exact) mass is 480 g/mol. The number of carbonyl (C=O) groups is 2. The van der Waals surface area contributed by atoms with Gasteiger partial charge < -0.3 is 19.3 Å². The van der Waals surface area contributed by atoms with Crippen LogP contribution < -0.4 is 14.4 Å². The van der Waals surface area contributed by atoms with Crippen LogP contribution in [0.15, 0.2) is 30.3 Å². The van der Waals surface area contributed by atoms with Crippen molar-refractivity contribution in [1.82, 2.24) is 14.9 Å². The van der Waals surface area contributed by atoms with Crippen LogP contribution in [-0.4, -0.2) is 59.5 Å². The molecule has 0 saturated carbocycles. The molecule has 34 heavy (non-hydrogen) atoms. The molecular weight excluding hydrogens is 452 g/mol. The number of pyridine rings is 1. The van der Waals surface area contributed by atoms with E-state index < -0.39 is 0 Å². The Morgan fingerprint density at radius 1 is 1.18 bits per heavy atom. The average Bonchev–Trinajstić information content (AvgIpc) is 3.49. The van der Waals surface area contributed by atoms with Crippen LogP contribution in [0.3, 0.4) is 0 Å². The lowest BCUT2D eigenvalue weighted by atomic mass is 9.81. The van der Waals surface area contributed by atoms with Crippen LogP contribution in [0, 0.1) is 0 Å². The summed E-state index contributed by atoms with van der Waals surface area (Å²) >= 11 is 1.41. The lowest BCUT2D eigenvalue weighted by molar-refractivity contribution is -0.127. The molecule has 9 heteroatoms. The van der Waals surface area contributed by atoms with Gasteiger partial charge >= 0.3 is 0 Å². The number of amides is 2. The molecule has 8 nitrogen and oxygen atoms in total. The Hall–Kier alpha value is -3.20. The molecule has 178 valence electrons. The molecule has 1 atom stereocenters. The molecule has 0 radical (unpaired) electrons. The van der Waals surface area contributed by atoms with Gasteiger partial charge in [0.1, 0.15) is 21.1 Å². The van der Waals surface area contributed by atoms with Crippen LogP contribution in [0.25, 0.3) is 10.3 Å². The summed E-state index contributed by atoms with van der Waals surface area (Å²) in [4.78, 5) is 39.2. The van der Waals surface area contributed by atoms with Crippen molar-refractivity contribution in [2.75, 3.05) is 31.6 Å². The number of hydrogen-bond acceptors (Lipinski definition) is 7. The van der Waals surface area contributed by atoms with Gasteiger partial charge in [-0.1, -0.05) is 11.3 Å². The minimum atomic E-state index is -0.282. The molecule has 5 rings (SSSR count). The number of carbonyl (C=O) groups excluding carboxylic acids is 2. The third kappa shape index (κ3) is 3.98. The zero-order valence-electron chi connectivity index (χ0n) is 19.8. The van der Waals surface area contributed by atoms with Crippen LogP contribution in [0.2, 0.25) is 0 Å². The number of ether oxygens (including phenoxy) is 2. The van der Waals surface area contributed by atoms with E-state index in [9.17, 15) is 9.59 Å². The summed E-state index contributed by atoms with van der Waals surface area (Å²) in [6.07, 6.45) is 1.07. The van der Waals surface area contributed by atoms with Crippen molar-refractivity contribution in [3.05, 3.63) is 40.9 Å². The van der Waals surface area contributed by atoms with Gasteiger partial charge in [-0.3, -0.25) is 9.59 Å². The van der Waals surface area contributed by atoms with E-state index in [4.69, 9.17) is 9.47 Å². The molecule has 0 bridgehead atoms. The van der Waals surface area contributed by atoms with Crippen LogP contribution in [-0.2, 0) is 21.4 Å². The Balaban J connectivity index is 1.45. The van der Waals surface area contributed by atoms with Crippen LogP contribution in [0.4, 0.5) is 5.69 Å². The molecule has 1 aromatic carbocycles. The van der Waals surface area contributed by atoms with Gasteiger partial charge in [0.15, 0.2) is 0 Å². The van der Waals surface area contributed by atoms with Crippen molar-refractivity contribution in [3.63, 3.8) is 0 Å². The lowest BCUT2D eigenvalue weighted by Crippen LogP contribution is -2.40. The number of benzene rings is 1. The van der Waals surface area contributed by atoms with Gasteiger partial charge in [0.2, 0.25) is 17.7 Å². The fourth-order valence-corrected chi connectivity index (χ4v) is 5.88. The Morgan fingerprint density at radius 2 is 2.00 bits per heavy atom. The average molecular weight is 481 g/mol. The second-order valence-corrected chi connectivity index (χ2v) is 10.3. The summed E-state index contributed by atoms with van der Waals surface area (Å²) in [6, 6.07) is 9.58. The van der Waals surface area contributed by atoms with E-state index in [1.807, 2.05) is 41.8 Å². The number of thiazole rings is 1. The molecule has 0 aliphatic carbocycles. The second kappa shape index (κ2) is 8.54. The maximum Gasteiger partial charge on any atom is 0.233 e. The van der Waals surface area contributed by atoms with Crippen LogP contribution in [0.5, 0.6) is 11.6 Å². The minimum absolute atomic E-state index is 0.0112. The first-order valence-corrected chi connectivity index (χ1v) is 12.3. The maximum atomic E-state index is 13.5. The lowest BCUT2D eigenvalue weighted by Gasteiger charge is -2.25. The highest BCUT2D eigenvalue weighted by Gasteiger charge is 2.49. The van der Waals surface area contributed by atoms with E-state index in [-0.39, 0.29) is 29.8 Å². The first-order chi connectivity index (χ1) is 16.3. The zero-order valence-corrected chi connectivity index (χ0v) is 20.6. The summed E-state index contributed by atoms with van der Waals surface area (Å²) in [5, 5.41) is 0.722.